The highest BCUT2D eigenvalue weighted by Gasteiger charge is 2.30. The molecule has 2 N–H and O–H groups in total. The highest BCUT2D eigenvalue weighted by atomic mass is 35.5. The number of hydrogen-bond donors (Lipinski definition) is 2. The van der Waals surface area contributed by atoms with Crippen molar-refractivity contribution in [2.75, 3.05) is 6.54 Å². The summed E-state index contributed by atoms with van der Waals surface area (Å²) < 4.78 is 0. The molecule has 21 heavy (non-hydrogen) atoms. The number of nitrogens with one attached hydrogen (secondary N) is 1. The predicted molar refractivity (Wildman–Crippen MR) is 79.3 cm³/mol. The summed E-state index contributed by atoms with van der Waals surface area (Å²) in [5.74, 6) is 0.709. The summed E-state index contributed by atoms with van der Waals surface area (Å²) in [6, 6.07) is 4.51. The molecular weight excluding hydrogens is 290 g/mol. The molecule has 0 aliphatic carbocycles. The van der Waals surface area contributed by atoms with Crippen molar-refractivity contribution in [3.8, 4) is 5.75 Å². The molecule has 0 saturated carbocycles. The minimum absolute atomic E-state index is 0.0190. The number of hydrogen-bond acceptors (Lipinski definition) is 3. The number of aromatic nitrogens is 2. The smallest absolute Gasteiger partial charge is 0.254 e. The van der Waals surface area contributed by atoms with Crippen LogP contribution in [0.4, 0.5) is 0 Å². The lowest BCUT2D eigenvalue weighted by Crippen LogP contribution is -2.39. The Morgan fingerprint density at radius 1 is 1.43 bits per heavy atom. The maximum Gasteiger partial charge on any atom is 0.254 e. The van der Waals surface area contributed by atoms with Gasteiger partial charge in [0.15, 0.2) is 0 Å². The number of rotatable bonds is 2. The molecule has 1 aliphatic rings. The van der Waals surface area contributed by atoms with E-state index in [0.717, 1.165) is 25.1 Å². The molecule has 1 aromatic carbocycles. The molecule has 1 atom stereocenters. The third kappa shape index (κ3) is 2.74. The fraction of sp³-hybridized carbons (Fsp3) is 0.333. The van der Waals surface area contributed by atoms with Crippen molar-refractivity contribution in [3.63, 3.8) is 0 Å². The van der Waals surface area contributed by atoms with Crippen LogP contribution in [0.2, 0.25) is 5.02 Å². The first-order chi connectivity index (χ1) is 10.2. The number of piperidine rings is 1. The zero-order chi connectivity index (χ0) is 14.8. The first-order valence-corrected chi connectivity index (χ1v) is 7.33. The Morgan fingerprint density at radius 2 is 2.29 bits per heavy atom. The minimum atomic E-state index is -0.0852. The van der Waals surface area contributed by atoms with Crippen LogP contribution >= 0.6 is 11.6 Å². The van der Waals surface area contributed by atoms with E-state index in [0.29, 0.717) is 12.1 Å². The van der Waals surface area contributed by atoms with Crippen molar-refractivity contribution < 1.29 is 9.90 Å². The third-order valence-corrected chi connectivity index (χ3v) is 4.10. The molecule has 3 rings (SSSR count). The van der Waals surface area contributed by atoms with Crippen molar-refractivity contribution in [2.45, 2.75) is 25.3 Å². The Balaban J connectivity index is 1.89. The molecular formula is C15H16ClN3O2. The SMILES string of the molecule is O=C(c1ccc(O)c(Cl)c1)N1CCCCC1c1ncc[nH]1. The van der Waals surface area contributed by atoms with E-state index >= 15 is 0 Å². The number of phenols is 1. The van der Waals surface area contributed by atoms with Gasteiger partial charge in [0.25, 0.3) is 5.91 Å². The van der Waals surface area contributed by atoms with E-state index in [4.69, 9.17) is 11.6 Å². The van der Waals surface area contributed by atoms with Gasteiger partial charge in [0.05, 0.1) is 11.1 Å². The number of amides is 1. The van der Waals surface area contributed by atoms with E-state index in [1.165, 1.54) is 12.1 Å². The first kappa shape index (κ1) is 13.9. The summed E-state index contributed by atoms with van der Waals surface area (Å²) in [7, 11) is 0. The number of benzene rings is 1. The van der Waals surface area contributed by atoms with Gasteiger partial charge in [-0.05, 0) is 37.5 Å². The van der Waals surface area contributed by atoms with Gasteiger partial charge in [0.1, 0.15) is 11.6 Å². The second kappa shape index (κ2) is 5.77. The van der Waals surface area contributed by atoms with Gasteiger partial charge < -0.3 is 15.0 Å². The van der Waals surface area contributed by atoms with Crippen LogP contribution in [-0.2, 0) is 0 Å². The number of nitrogens with zero attached hydrogens (tertiary/aromatic N) is 2. The largest absolute Gasteiger partial charge is 0.506 e. The minimum Gasteiger partial charge on any atom is -0.506 e. The fourth-order valence-electron chi connectivity index (χ4n) is 2.72. The van der Waals surface area contributed by atoms with Crippen LogP contribution in [0.25, 0.3) is 0 Å². The van der Waals surface area contributed by atoms with E-state index in [-0.39, 0.29) is 22.7 Å². The van der Waals surface area contributed by atoms with E-state index in [2.05, 4.69) is 9.97 Å². The summed E-state index contributed by atoms with van der Waals surface area (Å²) in [5, 5.41) is 9.65. The van der Waals surface area contributed by atoms with E-state index in [9.17, 15) is 9.90 Å². The molecule has 1 fully saturated rings. The third-order valence-electron chi connectivity index (χ3n) is 3.79. The molecule has 1 unspecified atom stereocenters. The number of carbonyl (C=O) groups excluding carboxylic acids is 1. The van der Waals surface area contributed by atoms with Crippen LogP contribution in [0.1, 0.15) is 41.5 Å². The first-order valence-electron chi connectivity index (χ1n) is 6.95. The quantitative estimate of drug-likeness (QED) is 0.895. The van der Waals surface area contributed by atoms with Gasteiger partial charge in [0, 0.05) is 24.5 Å². The molecule has 0 spiro atoms. The van der Waals surface area contributed by atoms with Crippen molar-refractivity contribution in [1.82, 2.24) is 14.9 Å². The number of phenolic OH excluding ortho intramolecular Hbond substituents is 1. The highest BCUT2D eigenvalue weighted by Crippen LogP contribution is 2.31. The fourth-order valence-corrected chi connectivity index (χ4v) is 2.90. The van der Waals surface area contributed by atoms with Crippen molar-refractivity contribution in [1.29, 1.82) is 0 Å². The van der Waals surface area contributed by atoms with Crippen LogP contribution in [0.5, 0.6) is 5.75 Å². The van der Waals surface area contributed by atoms with E-state index < -0.39 is 0 Å². The lowest BCUT2D eigenvalue weighted by atomic mass is 10.00. The normalized spacial score (nSPS) is 18.7. The van der Waals surface area contributed by atoms with Crippen LogP contribution in [0, 0.1) is 0 Å². The molecule has 1 aromatic heterocycles. The van der Waals surface area contributed by atoms with Crippen molar-refractivity contribution >= 4 is 17.5 Å². The second-order valence-corrected chi connectivity index (χ2v) is 5.56. The predicted octanol–water partition coefficient (Wildman–Crippen LogP) is 3.14. The van der Waals surface area contributed by atoms with Gasteiger partial charge in [-0.25, -0.2) is 4.98 Å². The highest BCUT2D eigenvalue weighted by molar-refractivity contribution is 6.32. The molecule has 1 saturated heterocycles. The molecule has 110 valence electrons. The molecule has 0 radical (unpaired) electrons. The summed E-state index contributed by atoms with van der Waals surface area (Å²) >= 11 is 5.89. The topological polar surface area (TPSA) is 69.2 Å². The monoisotopic (exact) mass is 305 g/mol. The van der Waals surface area contributed by atoms with Gasteiger partial charge in [-0.2, -0.15) is 0 Å². The van der Waals surface area contributed by atoms with Gasteiger partial charge in [-0.1, -0.05) is 11.6 Å². The molecule has 2 aromatic rings. The summed E-state index contributed by atoms with van der Waals surface area (Å²) in [6.07, 6.45) is 6.42. The maximum absolute atomic E-state index is 12.7. The van der Waals surface area contributed by atoms with Crippen LogP contribution in [0.15, 0.2) is 30.6 Å². The molecule has 5 nitrogen and oxygen atoms in total. The number of H-pyrrole nitrogens is 1. The number of carbonyl (C=O) groups is 1. The Hall–Kier alpha value is -2.01. The lowest BCUT2D eigenvalue weighted by Gasteiger charge is -2.34. The summed E-state index contributed by atoms with van der Waals surface area (Å²) in [5.41, 5.74) is 0.483. The molecule has 6 heteroatoms. The molecule has 2 heterocycles. The Labute approximate surface area is 127 Å². The van der Waals surface area contributed by atoms with Gasteiger partial charge in [-0.15, -0.1) is 0 Å². The maximum atomic E-state index is 12.7. The van der Waals surface area contributed by atoms with Gasteiger partial charge >= 0.3 is 0 Å². The second-order valence-electron chi connectivity index (χ2n) is 5.15. The molecule has 1 amide bonds. The summed E-state index contributed by atoms with van der Waals surface area (Å²) in [6.45, 7) is 0.697. The average Bonchev–Trinajstić information content (AvgIpc) is 3.03. The van der Waals surface area contributed by atoms with Crippen LogP contribution in [0.3, 0.4) is 0 Å². The van der Waals surface area contributed by atoms with Crippen LogP contribution < -0.4 is 0 Å². The van der Waals surface area contributed by atoms with Gasteiger partial charge in [-0.3, -0.25) is 4.79 Å². The van der Waals surface area contributed by atoms with Crippen LogP contribution in [-0.4, -0.2) is 32.4 Å². The zero-order valence-electron chi connectivity index (χ0n) is 11.4. The molecule has 1 aliphatic heterocycles. The van der Waals surface area contributed by atoms with E-state index in [1.807, 2.05) is 4.90 Å². The number of aromatic amines is 1. The van der Waals surface area contributed by atoms with Crippen molar-refractivity contribution in [3.05, 3.63) is 47.0 Å². The Morgan fingerprint density at radius 3 is 3.00 bits per heavy atom. The number of likely N-dealkylation sites (tertiary alicyclic amines) is 1. The Bertz CT molecular complexity index is 642. The van der Waals surface area contributed by atoms with Crippen molar-refractivity contribution in [2.24, 2.45) is 0 Å². The molecule has 0 bridgehead atoms. The zero-order valence-corrected chi connectivity index (χ0v) is 12.2. The lowest BCUT2D eigenvalue weighted by molar-refractivity contribution is 0.0601. The number of imidazole rings is 1. The van der Waals surface area contributed by atoms with E-state index in [1.54, 1.807) is 18.5 Å². The number of halogens is 1. The Kier molecular flexibility index (Phi) is 3.84. The number of aromatic hydroxyl groups is 1. The summed E-state index contributed by atoms with van der Waals surface area (Å²) in [4.78, 5) is 21.9. The standard InChI is InChI=1S/C15H16ClN3O2/c16-11-9-10(4-5-13(11)20)15(21)19-8-2-1-3-12(19)14-17-6-7-18-14/h4-7,9,12,20H,1-3,8H2,(H,17,18). The van der Waals surface area contributed by atoms with Gasteiger partial charge in [0.2, 0.25) is 0 Å². The average molecular weight is 306 g/mol.